The summed E-state index contributed by atoms with van der Waals surface area (Å²) in [7, 11) is 0. The van der Waals surface area contributed by atoms with E-state index in [1.165, 1.54) is 17.0 Å². The van der Waals surface area contributed by atoms with Crippen molar-refractivity contribution in [3.8, 4) is 5.75 Å². The Hall–Kier alpha value is -1.51. The molecule has 1 unspecified atom stereocenters. The van der Waals surface area contributed by atoms with E-state index in [4.69, 9.17) is 4.74 Å². The first kappa shape index (κ1) is 21.5. The summed E-state index contributed by atoms with van der Waals surface area (Å²) >= 11 is 0. The number of nitrogens with zero attached hydrogens (tertiary/aromatic N) is 1. The van der Waals surface area contributed by atoms with Gasteiger partial charge in [0, 0.05) is 38.3 Å². The molecule has 0 saturated carbocycles. The van der Waals surface area contributed by atoms with Crippen LogP contribution in [0.4, 0.5) is 13.2 Å². The molecular weight excluding hydrogens is 359 g/mol. The van der Waals surface area contributed by atoms with Crippen molar-refractivity contribution >= 4 is 18.3 Å². The van der Waals surface area contributed by atoms with Gasteiger partial charge in [0.25, 0.3) is 5.91 Å². The number of hydrogen-bond donors (Lipinski definition) is 2. The molecule has 0 aliphatic carbocycles. The number of alkyl halides is 3. The Bertz CT molecular complexity index is 534. The summed E-state index contributed by atoms with van der Waals surface area (Å²) in [6.45, 7) is 3.53. The van der Waals surface area contributed by atoms with Gasteiger partial charge in [-0.3, -0.25) is 9.69 Å². The van der Waals surface area contributed by atoms with Gasteiger partial charge in [0.05, 0.1) is 6.61 Å². The molecule has 0 spiro atoms. The number of ether oxygens (including phenoxy) is 1. The van der Waals surface area contributed by atoms with Crippen LogP contribution in [0.3, 0.4) is 0 Å². The molecule has 1 aromatic carbocycles. The largest absolute Gasteiger partial charge is 0.494 e. The van der Waals surface area contributed by atoms with E-state index in [1.54, 1.807) is 12.1 Å². The van der Waals surface area contributed by atoms with Gasteiger partial charge in [-0.1, -0.05) is 0 Å². The van der Waals surface area contributed by atoms with E-state index in [2.05, 4.69) is 10.6 Å². The molecule has 1 aromatic rings. The van der Waals surface area contributed by atoms with Crippen molar-refractivity contribution in [3.63, 3.8) is 0 Å². The second-order valence-corrected chi connectivity index (χ2v) is 5.51. The van der Waals surface area contributed by atoms with E-state index in [-0.39, 0.29) is 12.4 Å². The Morgan fingerprint density at radius 3 is 2.40 bits per heavy atom. The van der Waals surface area contributed by atoms with E-state index >= 15 is 0 Å². The molecule has 0 bridgehead atoms. The number of carbonyl (C=O) groups excluding carboxylic acids is 1. The number of amides is 1. The van der Waals surface area contributed by atoms with Crippen molar-refractivity contribution in [1.29, 1.82) is 0 Å². The minimum absolute atomic E-state index is 0. The number of carbonyl (C=O) groups is 1. The molecular formula is C16H23ClF3N3O2. The normalized spacial score (nSPS) is 16.6. The average molecular weight is 382 g/mol. The van der Waals surface area contributed by atoms with Crippen molar-refractivity contribution < 1.29 is 22.7 Å². The SMILES string of the molecule is CCOc1ccc(C(=O)NCC(N2CCNCC2)C(F)(F)F)cc1.Cl. The Labute approximate surface area is 151 Å². The van der Waals surface area contributed by atoms with E-state index in [1.807, 2.05) is 6.92 Å². The maximum Gasteiger partial charge on any atom is 0.405 e. The number of benzene rings is 1. The zero-order valence-corrected chi connectivity index (χ0v) is 14.8. The zero-order valence-electron chi connectivity index (χ0n) is 13.9. The van der Waals surface area contributed by atoms with Crippen molar-refractivity contribution in [1.82, 2.24) is 15.5 Å². The summed E-state index contributed by atoms with van der Waals surface area (Å²) in [4.78, 5) is 13.4. The van der Waals surface area contributed by atoms with Crippen LogP contribution in [0.15, 0.2) is 24.3 Å². The molecule has 1 amide bonds. The molecule has 2 rings (SSSR count). The molecule has 2 N–H and O–H groups in total. The quantitative estimate of drug-likeness (QED) is 0.792. The smallest absolute Gasteiger partial charge is 0.405 e. The van der Waals surface area contributed by atoms with Gasteiger partial charge < -0.3 is 15.4 Å². The summed E-state index contributed by atoms with van der Waals surface area (Å²) in [5.41, 5.74) is 0.305. The maximum atomic E-state index is 13.3. The van der Waals surface area contributed by atoms with E-state index in [0.29, 0.717) is 44.1 Å². The fraction of sp³-hybridized carbons (Fsp3) is 0.562. The van der Waals surface area contributed by atoms with Crippen LogP contribution in [0.5, 0.6) is 5.75 Å². The monoisotopic (exact) mass is 381 g/mol. The summed E-state index contributed by atoms with van der Waals surface area (Å²) in [6, 6.07) is 4.64. The highest BCUT2D eigenvalue weighted by Gasteiger charge is 2.43. The van der Waals surface area contributed by atoms with Crippen LogP contribution in [0.25, 0.3) is 0 Å². The van der Waals surface area contributed by atoms with Crippen LogP contribution < -0.4 is 15.4 Å². The van der Waals surface area contributed by atoms with Crippen molar-refractivity contribution in [3.05, 3.63) is 29.8 Å². The highest BCUT2D eigenvalue weighted by molar-refractivity contribution is 5.94. The van der Waals surface area contributed by atoms with E-state index < -0.39 is 24.7 Å². The van der Waals surface area contributed by atoms with Gasteiger partial charge in [0.15, 0.2) is 0 Å². The number of hydrogen-bond acceptors (Lipinski definition) is 4. The van der Waals surface area contributed by atoms with Crippen LogP contribution in [-0.4, -0.2) is 62.4 Å². The molecule has 1 aliphatic rings. The standard InChI is InChI=1S/C16H22F3N3O2.ClH/c1-2-24-13-5-3-12(4-6-13)15(23)21-11-14(16(17,18)19)22-9-7-20-8-10-22;/h3-6,14,20H,2,7-11H2,1H3,(H,21,23);1H. The van der Waals surface area contributed by atoms with Crippen LogP contribution in [0, 0.1) is 0 Å². The van der Waals surface area contributed by atoms with Crippen LogP contribution >= 0.6 is 12.4 Å². The first-order valence-corrected chi connectivity index (χ1v) is 7.94. The molecule has 1 saturated heterocycles. The Balaban J connectivity index is 0.00000312. The fourth-order valence-corrected chi connectivity index (χ4v) is 2.61. The second kappa shape index (κ2) is 9.84. The van der Waals surface area contributed by atoms with E-state index in [9.17, 15) is 18.0 Å². The number of nitrogens with one attached hydrogen (secondary N) is 2. The van der Waals surface area contributed by atoms with Gasteiger partial charge in [-0.2, -0.15) is 13.2 Å². The topological polar surface area (TPSA) is 53.6 Å². The lowest BCUT2D eigenvalue weighted by Crippen LogP contribution is -2.57. The van der Waals surface area contributed by atoms with Crippen molar-refractivity contribution in [2.45, 2.75) is 19.1 Å². The molecule has 25 heavy (non-hydrogen) atoms. The Morgan fingerprint density at radius 1 is 1.28 bits per heavy atom. The second-order valence-electron chi connectivity index (χ2n) is 5.51. The third-order valence-electron chi connectivity index (χ3n) is 3.85. The first-order chi connectivity index (χ1) is 11.4. The number of rotatable bonds is 6. The summed E-state index contributed by atoms with van der Waals surface area (Å²) in [5.74, 6) is 0.0884. The first-order valence-electron chi connectivity index (χ1n) is 7.94. The predicted octanol–water partition coefficient (Wildman–Crippen LogP) is 2.07. The third kappa shape index (κ3) is 6.37. The van der Waals surface area contributed by atoms with Gasteiger partial charge in [0.1, 0.15) is 11.8 Å². The lowest BCUT2D eigenvalue weighted by Gasteiger charge is -2.35. The van der Waals surface area contributed by atoms with Gasteiger partial charge in [-0.05, 0) is 31.2 Å². The molecule has 5 nitrogen and oxygen atoms in total. The molecule has 1 atom stereocenters. The highest BCUT2D eigenvalue weighted by atomic mass is 35.5. The number of halogens is 4. The molecule has 9 heteroatoms. The summed E-state index contributed by atoms with van der Waals surface area (Å²) in [5, 5.41) is 5.41. The molecule has 1 heterocycles. The number of piperazine rings is 1. The minimum Gasteiger partial charge on any atom is -0.494 e. The third-order valence-corrected chi connectivity index (χ3v) is 3.85. The molecule has 142 valence electrons. The lowest BCUT2D eigenvalue weighted by molar-refractivity contribution is -0.183. The van der Waals surface area contributed by atoms with Crippen molar-refractivity contribution in [2.24, 2.45) is 0 Å². The van der Waals surface area contributed by atoms with Crippen molar-refractivity contribution in [2.75, 3.05) is 39.3 Å². The molecule has 0 aromatic heterocycles. The average Bonchev–Trinajstić information content (AvgIpc) is 2.55. The summed E-state index contributed by atoms with van der Waals surface area (Å²) in [6.07, 6.45) is -4.39. The van der Waals surface area contributed by atoms with Gasteiger partial charge in [-0.15, -0.1) is 12.4 Å². The minimum atomic E-state index is -4.39. The van der Waals surface area contributed by atoms with Crippen LogP contribution in [0.1, 0.15) is 17.3 Å². The molecule has 1 aliphatic heterocycles. The van der Waals surface area contributed by atoms with Crippen LogP contribution in [-0.2, 0) is 0 Å². The van der Waals surface area contributed by atoms with Gasteiger partial charge in [0.2, 0.25) is 0 Å². The fourth-order valence-electron chi connectivity index (χ4n) is 2.61. The molecule has 1 fully saturated rings. The Morgan fingerprint density at radius 2 is 1.88 bits per heavy atom. The van der Waals surface area contributed by atoms with Crippen LogP contribution in [0.2, 0.25) is 0 Å². The zero-order chi connectivity index (χ0) is 17.6. The summed E-state index contributed by atoms with van der Waals surface area (Å²) < 4.78 is 45.1. The maximum absolute atomic E-state index is 13.3. The van der Waals surface area contributed by atoms with E-state index in [0.717, 1.165) is 0 Å². The molecule has 0 radical (unpaired) electrons. The predicted molar refractivity (Wildman–Crippen MR) is 91.5 cm³/mol. The highest BCUT2D eigenvalue weighted by Crippen LogP contribution is 2.25. The van der Waals surface area contributed by atoms with Gasteiger partial charge in [-0.25, -0.2) is 0 Å². The Kier molecular flexibility index (Phi) is 8.47. The lowest BCUT2D eigenvalue weighted by atomic mass is 10.1. The van der Waals surface area contributed by atoms with Gasteiger partial charge >= 0.3 is 6.18 Å².